The summed E-state index contributed by atoms with van der Waals surface area (Å²) in [5, 5.41) is 0. The fourth-order valence-electron chi connectivity index (χ4n) is 2.85. The Labute approximate surface area is 190 Å². The maximum atomic E-state index is 12.6. The smallest absolute Gasteiger partial charge is 0.253 e. The number of sulfone groups is 1. The van der Waals surface area contributed by atoms with Crippen LogP contribution in [0.15, 0.2) is 58.3 Å². The molecule has 0 saturated heterocycles. The number of ether oxygens (including phenoxy) is 1. The van der Waals surface area contributed by atoms with Gasteiger partial charge in [0.05, 0.1) is 16.4 Å². The van der Waals surface area contributed by atoms with Crippen molar-refractivity contribution in [3.63, 3.8) is 0 Å². The molecular formula is C22H30N2O6S2. The van der Waals surface area contributed by atoms with E-state index in [0.29, 0.717) is 30.9 Å². The van der Waals surface area contributed by atoms with Crippen LogP contribution in [0.1, 0.15) is 37.6 Å². The highest BCUT2D eigenvalue weighted by Crippen LogP contribution is 2.18. The Bertz CT molecular complexity index is 1150. The predicted molar refractivity (Wildman–Crippen MR) is 123 cm³/mol. The molecule has 0 radical (unpaired) electrons. The van der Waals surface area contributed by atoms with Crippen molar-refractivity contribution in [3.05, 3.63) is 54.1 Å². The number of amides is 1. The molecule has 1 N–H and O–H groups in total. The zero-order chi connectivity index (χ0) is 24.2. The van der Waals surface area contributed by atoms with Gasteiger partial charge in [-0.1, -0.05) is 6.07 Å². The molecule has 32 heavy (non-hydrogen) atoms. The molecule has 0 unspecified atom stereocenters. The topological polar surface area (TPSA) is 110 Å². The molecular weight excluding hydrogens is 452 g/mol. The van der Waals surface area contributed by atoms with Gasteiger partial charge in [0.25, 0.3) is 5.91 Å². The van der Waals surface area contributed by atoms with Gasteiger partial charge in [0, 0.05) is 31.0 Å². The monoisotopic (exact) mass is 482 g/mol. The number of nitrogens with one attached hydrogen (secondary N) is 1. The molecule has 0 spiro atoms. The van der Waals surface area contributed by atoms with Crippen LogP contribution in [0.2, 0.25) is 0 Å². The van der Waals surface area contributed by atoms with Crippen molar-refractivity contribution in [3.8, 4) is 5.75 Å². The van der Waals surface area contributed by atoms with Gasteiger partial charge < -0.3 is 9.64 Å². The van der Waals surface area contributed by atoms with E-state index < -0.39 is 25.4 Å². The Balaban J connectivity index is 1.90. The summed E-state index contributed by atoms with van der Waals surface area (Å²) in [6.45, 7) is 5.98. The molecule has 0 atom stereocenters. The Morgan fingerprint density at radius 1 is 1.00 bits per heavy atom. The van der Waals surface area contributed by atoms with Crippen LogP contribution in [0.4, 0.5) is 0 Å². The third kappa shape index (κ3) is 7.61. The van der Waals surface area contributed by atoms with Gasteiger partial charge in [-0.3, -0.25) is 4.79 Å². The molecule has 0 fully saturated rings. The van der Waals surface area contributed by atoms with Crippen LogP contribution in [-0.2, 0) is 19.9 Å². The van der Waals surface area contributed by atoms with E-state index >= 15 is 0 Å². The molecule has 0 saturated carbocycles. The average molecular weight is 483 g/mol. The highest BCUT2D eigenvalue weighted by Gasteiger charge is 2.22. The molecule has 176 valence electrons. The molecule has 0 heterocycles. The van der Waals surface area contributed by atoms with Crippen LogP contribution < -0.4 is 9.46 Å². The lowest BCUT2D eigenvalue weighted by Crippen LogP contribution is -2.40. The van der Waals surface area contributed by atoms with Gasteiger partial charge in [-0.2, -0.15) is 0 Å². The number of carbonyl (C=O) groups is 1. The molecule has 2 aromatic carbocycles. The third-order valence-electron chi connectivity index (χ3n) is 4.34. The van der Waals surface area contributed by atoms with E-state index in [2.05, 4.69) is 4.72 Å². The number of carbonyl (C=O) groups excluding carboxylic acids is 1. The van der Waals surface area contributed by atoms with Crippen molar-refractivity contribution in [2.75, 3.05) is 26.5 Å². The first-order chi connectivity index (χ1) is 14.7. The number of nitrogens with zero attached hydrogens (tertiary/aromatic N) is 1. The maximum absolute atomic E-state index is 12.6. The van der Waals surface area contributed by atoms with E-state index in [1.807, 2.05) is 0 Å². The van der Waals surface area contributed by atoms with E-state index in [1.54, 1.807) is 40.0 Å². The first-order valence-corrected chi connectivity index (χ1v) is 13.4. The van der Waals surface area contributed by atoms with Gasteiger partial charge in [-0.05, 0) is 69.7 Å². The minimum absolute atomic E-state index is 0.0938. The van der Waals surface area contributed by atoms with Gasteiger partial charge in [-0.25, -0.2) is 21.6 Å². The van der Waals surface area contributed by atoms with Crippen LogP contribution in [0, 0.1) is 0 Å². The Morgan fingerprint density at radius 2 is 1.62 bits per heavy atom. The van der Waals surface area contributed by atoms with E-state index in [0.717, 1.165) is 6.26 Å². The molecule has 0 aliphatic rings. The fourth-order valence-corrected chi connectivity index (χ4v) is 4.92. The second-order valence-electron chi connectivity index (χ2n) is 8.56. The summed E-state index contributed by atoms with van der Waals surface area (Å²) < 4.78 is 56.1. The molecule has 8 nitrogen and oxygen atoms in total. The Morgan fingerprint density at radius 3 is 2.19 bits per heavy atom. The quantitative estimate of drug-likeness (QED) is 0.551. The van der Waals surface area contributed by atoms with E-state index in [-0.39, 0.29) is 15.7 Å². The number of sulfonamides is 1. The number of hydrogen-bond donors (Lipinski definition) is 1. The lowest BCUT2D eigenvalue weighted by molar-refractivity contribution is 0.0787. The molecule has 0 bridgehead atoms. The molecule has 2 aromatic rings. The van der Waals surface area contributed by atoms with Crippen molar-refractivity contribution in [2.24, 2.45) is 0 Å². The van der Waals surface area contributed by atoms with Crippen molar-refractivity contribution in [1.29, 1.82) is 0 Å². The van der Waals surface area contributed by atoms with Crippen LogP contribution in [0.3, 0.4) is 0 Å². The van der Waals surface area contributed by atoms with Crippen LogP contribution >= 0.6 is 0 Å². The van der Waals surface area contributed by atoms with Crippen molar-refractivity contribution >= 4 is 25.8 Å². The third-order valence-corrected chi connectivity index (χ3v) is 7.22. The zero-order valence-corrected chi connectivity index (χ0v) is 20.6. The summed E-state index contributed by atoms with van der Waals surface area (Å²) in [6, 6.07) is 12.1. The Kier molecular flexibility index (Phi) is 8.08. The minimum Gasteiger partial charge on any atom is -0.493 e. The van der Waals surface area contributed by atoms with Gasteiger partial charge in [0.2, 0.25) is 10.0 Å². The van der Waals surface area contributed by atoms with E-state index in [4.69, 9.17) is 4.74 Å². The fraction of sp³-hybridized carbons (Fsp3) is 0.409. The summed E-state index contributed by atoms with van der Waals surface area (Å²) in [6.07, 6.45) is 1.67. The van der Waals surface area contributed by atoms with Gasteiger partial charge in [0.15, 0.2) is 9.84 Å². The highest BCUT2D eigenvalue weighted by molar-refractivity contribution is 7.90. The normalized spacial score (nSPS) is 12.4. The van der Waals surface area contributed by atoms with Gasteiger partial charge in [0.1, 0.15) is 5.75 Å². The molecule has 0 aliphatic carbocycles. The lowest BCUT2D eigenvalue weighted by atomic mass is 10.1. The van der Waals surface area contributed by atoms with Gasteiger partial charge in [-0.15, -0.1) is 0 Å². The summed E-state index contributed by atoms with van der Waals surface area (Å²) in [5.41, 5.74) is -0.231. The molecule has 0 aliphatic heterocycles. The van der Waals surface area contributed by atoms with Crippen molar-refractivity contribution in [1.82, 2.24) is 9.62 Å². The molecule has 0 aromatic heterocycles. The van der Waals surface area contributed by atoms with Crippen LogP contribution in [0.25, 0.3) is 0 Å². The molecule has 2 rings (SSSR count). The Hall–Kier alpha value is -2.43. The standard InChI is InChI=1S/C22H30N2O6S2/c1-22(2,3)23-32(28,29)19-12-10-17(11-13-19)21(25)24(4)14-7-15-30-18-8-6-9-20(16-18)31(5,26)27/h6,8-13,16,23H,7,14-15H2,1-5H3. The minimum atomic E-state index is -3.67. The SMILES string of the molecule is CN(CCCOc1cccc(S(C)(=O)=O)c1)C(=O)c1ccc(S(=O)(=O)NC(C)(C)C)cc1. The largest absolute Gasteiger partial charge is 0.493 e. The highest BCUT2D eigenvalue weighted by atomic mass is 32.2. The van der Waals surface area contributed by atoms with Gasteiger partial charge >= 0.3 is 0 Å². The zero-order valence-electron chi connectivity index (χ0n) is 19.0. The second-order valence-corrected chi connectivity index (χ2v) is 12.3. The summed E-state index contributed by atoms with van der Waals surface area (Å²) in [7, 11) is -5.32. The lowest BCUT2D eigenvalue weighted by Gasteiger charge is -2.21. The number of rotatable bonds is 9. The van der Waals surface area contributed by atoms with Crippen molar-refractivity contribution < 1.29 is 26.4 Å². The molecule has 1 amide bonds. The predicted octanol–water partition coefficient (Wildman–Crippen LogP) is 2.71. The number of benzene rings is 2. The average Bonchev–Trinajstić information content (AvgIpc) is 2.68. The summed E-state index contributed by atoms with van der Waals surface area (Å²) in [5.74, 6) is 0.208. The van der Waals surface area contributed by atoms with E-state index in [9.17, 15) is 21.6 Å². The first kappa shape index (κ1) is 25.8. The molecule has 10 heteroatoms. The van der Waals surface area contributed by atoms with Crippen molar-refractivity contribution in [2.45, 2.75) is 42.5 Å². The first-order valence-electron chi connectivity index (χ1n) is 10.0. The second kappa shape index (κ2) is 10.0. The summed E-state index contributed by atoms with van der Waals surface area (Å²) >= 11 is 0. The number of hydrogen-bond acceptors (Lipinski definition) is 6. The maximum Gasteiger partial charge on any atom is 0.253 e. The summed E-state index contributed by atoms with van der Waals surface area (Å²) in [4.78, 5) is 14.4. The van der Waals surface area contributed by atoms with Crippen LogP contribution in [0.5, 0.6) is 5.75 Å². The van der Waals surface area contributed by atoms with E-state index in [1.165, 1.54) is 41.3 Å². The van der Waals surface area contributed by atoms with Crippen LogP contribution in [-0.4, -0.2) is 59.6 Å².